The smallest absolute Gasteiger partial charge is 0.138 e. The second-order valence-electron chi connectivity index (χ2n) is 2.41. The molecule has 3 N–H and O–H groups in total. The molecule has 1 aromatic carbocycles. The summed E-state index contributed by atoms with van der Waals surface area (Å²) in [6.07, 6.45) is 0. The number of rotatable bonds is 1. The highest BCUT2D eigenvalue weighted by Gasteiger charge is 2.05. The molecule has 0 aliphatic carbocycles. The lowest BCUT2D eigenvalue weighted by Gasteiger charge is -2.04. The Labute approximate surface area is 70.6 Å². The van der Waals surface area contributed by atoms with Gasteiger partial charge in [0, 0.05) is 12.1 Å². The van der Waals surface area contributed by atoms with Crippen molar-refractivity contribution < 1.29 is 5.11 Å². The van der Waals surface area contributed by atoms with Crippen molar-refractivity contribution in [2.75, 3.05) is 0 Å². The SMILES string of the molecule is Cc1ccc(CN)c(O)c1Cl. The average molecular weight is 172 g/mol. The van der Waals surface area contributed by atoms with Crippen LogP contribution in [0.15, 0.2) is 12.1 Å². The zero-order valence-electron chi connectivity index (χ0n) is 6.26. The minimum absolute atomic E-state index is 0.106. The topological polar surface area (TPSA) is 46.2 Å². The van der Waals surface area contributed by atoms with Crippen LogP contribution in [0.2, 0.25) is 5.02 Å². The van der Waals surface area contributed by atoms with Crippen LogP contribution in [-0.4, -0.2) is 5.11 Å². The van der Waals surface area contributed by atoms with Crippen LogP contribution in [0.1, 0.15) is 11.1 Å². The maximum Gasteiger partial charge on any atom is 0.138 e. The van der Waals surface area contributed by atoms with E-state index in [-0.39, 0.29) is 5.75 Å². The lowest BCUT2D eigenvalue weighted by molar-refractivity contribution is 0.468. The maximum absolute atomic E-state index is 9.37. The van der Waals surface area contributed by atoms with Crippen molar-refractivity contribution in [2.45, 2.75) is 13.5 Å². The molecule has 11 heavy (non-hydrogen) atoms. The number of nitrogens with two attached hydrogens (primary N) is 1. The molecule has 0 fully saturated rings. The summed E-state index contributed by atoms with van der Waals surface area (Å²) in [7, 11) is 0. The normalized spacial score (nSPS) is 10.1. The third-order valence-electron chi connectivity index (χ3n) is 1.61. The Morgan fingerprint density at radius 2 is 2.18 bits per heavy atom. The van der Waals surface area contributed by atoms with Crippen molar-refractivity contribution in [3.63, 3.8) is 0 Å². The summed E-state index contributed by atoms with van der Waals surface area (Å²) >= 11 is 5.76. The van der Waals surface area contributed by atoms with E-state index in [2.05, 4.69) is 0 Å². The Morgan fingerprint density at radius 3 is 2.73 bits per heavy atom. The first kappa shape index (κ1) is 8.37. The molecule has 0 aliphatic rings. The highest BCUT2D eigenvalue weighted by molar-refractivity contribution is 6.32. The van der Waals surface area contributed by atoms with Crippen molar-refractivity contribution in [3.8, 4) is 5.75 Å². The largest absolute Gasteiger partial charge is 0.506 e. The fourth-order valence-electron chi connectivity index (χ4n) is 0.870. The third-order valence-corrected chi connectivity index (χ3v) is 2.09. The van der Waals surface area contributed by atoms with E-state index in [0.717, 1.165) is 5.56 Å². The molecule has 0 saturated heterocycles. The summed E-state index contributed by atoms with van der Waals surface area (Å²) in [5.74, 6) is 0.106. The Kier molecular flexibility index (Phi) is 2.37. The Morgan fingerprint density at radius 1 is 1.55 bits per heavy atom. The minimum atomic E-state index is 0.106. The molecule has 0 aliphatic heterocycles. The molecular weight excluding hydrogens is 162 g/mol. The fourth-order valence-corrected chi connectivity index (χ4v) is 1.05. The molecular formula is C8H10ClNO. The predicted molar refractivity (Wildman–Crippen MR) is 45.7 cm³/mol. The van der Waals surface area contributed by atoms with Gasteiger partial charge in [0.1, 0.15) is 5.75 Å². The van der Waals surface area contributed by atoms with Gasteiger partial charge in [0.25, 0.3) is 0 Å². The van der Waals surface area contributed by atoms with Crippen LogP contribution in [0.4, 0.5) is 0 Å². The summed E-state index contributed by atoms with van der Waals surface area (Å²) in [5.41, 5.74) is 6.89. The molecule has 0 saturated carbocycles. The summed E-state index contributed by atoms with van der Waals surface area (Å²) in [4.78, 5) is 0. The van der Waals surface area contributed by atoms with E-state index >= 15 is 0 Å². The van der Waals surface area contributed by atoms with Crippen molar-refractivity contribution in [1.82, 2.24) is 0 Å². The van der Waals surface area contributed by atoms with E-state index in [1.54, 1.807) is 6.07 Å². The summed E-state index contributed by atoms with van der Waals surface area (Å²) in [6.45, 7) is 2.15. The van der Waals surface area contributed by atoms with Crippen molar-refractivity contribution in [1.29, 1.82) is 0 Å². The first-order chi connectivity index (χ1) is 5.16. The van der Waals surface area contributed by atoms with Gasteiger partial charge >= 0.3 is 0 Å². The van der Waals surface area contributed by atoms with Gasteiger partial charge in [0.15, 0.2) is 0 Å². The highest BCUT2D eigenvalue weighted by Crippen LogP contribution is 2.29. The predicted octanol–water partition coefficient (Wildman–Crippen LogP) is 1.81. The Balaban J connectivity index is 3.25. The standard InChI is InChI=1S/C8H10ClNO/c1-5-2-3-6(4-10)8(11)7(5)9/h2-3,11H,4,10H2,1H3. The van der Waals surface area contributed by atoms with Crippen molar-refractivity contribution in [2.24, 2.45) is 5.73 Å². The number of halogens is 1. The quantitative estimate of drug-likeness (QED) is 0.677. The summed E-state index contributed by atoms with van der Waals surface area (Å²) < 4.78 is 0. The first-order valence-corrected chi connectivity index (χ1v) is 3.71. The number of phenols is 1. The Hall–Kier alpha value is -0.730. The number of aryl methyl sites for hydroxylation is 1. The zero-order valence-corrected chi connectivity index (χ0v) is 7.02. The van der Waals surface area contributed by atoms with Gasteiger partial charge in [-0.15, -0.1) is 0 Å². The lowest BCUT2D eigenvalue weighted by atomic mass is 10.1. The van der Waals surface area contributed by atoms with Gasteiger partial charge in [-0.1, -0.05) is 23.7 Å². The second kappa shape index (κ2) is 3.11. The van der Waals surface area contributed by atoms with Gasteiger partial charge in [0.2, 0.25) is 0 Å². The molecule has 0 radical (unpaired) electrons. The van der Waals surface area contributed by atoms with E-state index in [1.807, 2.05) is 13.0 Å². The number of hydrogen-bond donors (Lipinski definition) is 2. The van der Waals surface area contributed by atoms with Crippen LogP contribution in [-0.2, 0) is 6.54 Å². The van der Waals surface area contributed by atoms with Crippen LogP contribution in [0.5, 0.6) is 5.75 Å². The molecule has 0 bridgehead atoms. The molecule has 60 valence electrons. The average Bonchev–Trinajstić information content (AvgIpc) is 2.01. The number of phenolic OH excluding ortho intramolecular Hbond substituents is 1. The van der Waals surface area contributed by atoms with Gasteiger partial charge in [0.05, 0.1) is 5.02 Å². The van der Waals surface area contributed by atoms with Crippen LogP contribution < -0.4 is 5.73 Å². The van der Waals surface area contributed by atoms with Gasteiger partial charge < -0.3 is 10.8 Å². The molecule has 0 unspecified atom stereocenters. The van der Waals surface area contributed by atoms with E-state index in [9.17, 15) is 5.11 Å². The van der Waals surface area contributed by atoms with E-state index in [4.69, 9.17) is 17.3 Å². The van der Waals surface area contributed by atoms with Gasteiger partial charge in [-0.05, 0) is 12.5 Å². The molecule has 0 atom stereocenters. The Bertz CT molecular complexity index is 273. The molecule has 0 spiro atoms. The van der Waals surface area contributed by atoms with Gasteiger partial charge in [-0.3, -0.25) is 0 Å². The number of benzene rings is 1. The third kappa shape index (κ3) is 1.47. The van der Waals surface area contributed by atoms with E-state index in [1.165, 1.54) is 0 Å². The molecule has 0 aromatic heterocycles. The fraction of sp³-hybridized carbons (Fsp3) is 0.250. The van der Waals surface area contributed by atoms with Crippen LogP contribution >= 0.6 is 11.6 Å². The monoisotopic (exact) mass is 171 g/mol. The molecule has 3 heteroatoms. The highest BCUT2D eigenvalue weighted by atomic mass is 35.5. The number of aromatic hydroxyl groups is 1. The second-order valence-corrected chi connectivity index (χ2v) is 2.79. The van der Waals surface area contributed by atoms with Crippen LogP contribution in [0, 0.1) is 6.92 Å². The number of hydrogen-bond acceptors (Lipinski definition) is 2. The van der Waals surface area contributed by atoms with Crippen LogP contribution in [0.25, 0.3) is 0 Å². The van der Waals surface area contributed by atoms with Crippen molar-refractivity contribution >= 4 is 11.6 Å². The van der Waals surface area contributed by atoms with Gasteiger partial charge in [-0.25, -0.2) is 0 Å². The lowest BCUT2D eigenvalue weighted by Crippen LogP contribution is -1.97. The molecule has 2 nitrogen and oxygen atoms in total. The van der Waals surface area contributed by atoms with Gasteiger partial charge in [-0.2, -0.15) is 0 Å². The van der Waals surface area contributed by atoms with Crippen LogP contribution in [0.3, 0.4) is 0 Å². The first-order valence-electron chi connectivity index (χ1n) is 3.34. The summed E-state index contributed by atoms with van der Waals surface area (Å²) in [5, 5.41) is 9.76. The van der Waals surface area contributed by atoms with E-state index < -0.39 is 0 Å². The van der Waals surface area contributed by atoms with E-state index in [0.29, 0.717) is 17.1 Å². The summed E-state index contributed by atoms with van der Waals surface area (Å²) in [6, 6.07) is 3.61. The zero-order chi connectivity index (χ0) is 8.43. The van der Waals surface area contributed by atoms with Crippen molar-refractivity contribution in [3.05, 3.63) is 28.3 Å². The molecule has 0 heterocycles. The molecule has 1 rings (SSSR count). The maximum atomic E-state index is 9.37. The minimum Gasteiger partial charge on any atom is -0.506 e. The molecule has 0 amide bonds. The molecule has 1 aromatic rings.